The molecular formula is C21H26ClN3O2. The molecule has 2 aromatic carbocycles. The second kappa shape index (κ2) is 9.53. The Morgan fingerprint density at radius 2 is 1.48 bits per heavy atom. The van der Waals surface area contributed by atoms with Gasteiger partial charge in [0.15, 0.2) is 0 Å². The van der Waals surface area contributed by atoms with E-state index < -0.39 is 6.04 Å². The van der Waals surface area contributed by atoms with E-state index in [9.17, 15) is 9.59 Å². The third-order valence-electron chi connectivity index (χ3n) is 4.97. The number of carbonyl (C=O) groups is 2. The van der Waals surface area contributed by atoms with Gasteiger partial charge in [0.25, 0.3) is 0 Å². The predicted molar refractivity (Wildman–Crippen MR) is 109 cm³/mol. The van der Waals surface area contributed by atoms with Crippen molar-refractivity contribution in [1.29, 1.82) is 0 Å². The standard InChI is InChI=1S/C21H25N3O2.ClH/c1-16-7-5-6-10-18(16)15-19(25)23-11-13-24(14-12-23)21(26)20(22)17-8-3-2-4-9-17;/h2-10,20H,11-15,22H2,1H3;1H. The lowest BCUT2D eigenvalue weighted by Crippen LogP contribution is -2.52. The van der Waals surface area contributed by atoms with Gasteiger partial charge in [-0.25, -0.2) is 0 Å². The Kier molecular flexibility index (Phi) is 7.39. The Morgan fingerprint density at radius 3 is 2.11 bits per heavy atom. The Morgan fingerprint density at radius 1 is 0.926 bits per heavy atom. The number of aryl methyl sites for hydroxylation is 1. The Balaban J connectivity index is 0.00000261. The summed E-state index contributed by atoms with van der Waals surface area (Å²) < 4.78 is 0. The maximum absolute atomic E-state index is 12.6. The molecular weight excluding hydrogens is 362 g/mol. The molecule has 5 nitrogen and oxygen atoms in total. The lowest BCUT2D eigenvalue weighted by atomic mass is 10.0. The van der Waals surface area contributed by atoms with Gasteiger partial charge in [-0.1, -0.05) is 54.6 Å². The third kappa shape index (κ3) is 5.08. The monoisotopic (exact) mass is 387 g/mol. The fourth-order valence-electron chi connectivity index (χ4n) is 3.26. The van der Waals surface area contributed by atoms with Crippen molar-refractivity contribution in [3.63, 3.8) is 0 Å². The minimum Gasteiger partial charge on any atom is -0.339 e. The van der Waals surface area contributed by atoms with E-state index in [2.05, 4.69) is 0 Å². The van der Waals surface area contributed by atoms with Crippen molar-refractivity contribution in [2.45, 2.75) is 19.4 Å². The van der Waals surface area contributed by atoms with Crippen LogP contribution in [0, 0.1) is 6.92 Å². The molecule has 0 aromatic heterocycles. The average molecular weight is 388 g/mol. The van der Waals surface area contributed by atoms with Crippen LogP contribution < -0.4 is 5.73 Å². The van der Waals surface area contributed by atoms with Crippen molar-refractivity contribution >= 4 is 24.2 Å². The molecule has 1 unspecified atom stereocenters. The molecule has 1 aliphatic rings. The molecule has 3 rings (SSSR count). The molecule has 0 bridgehead atoms. The molecule has 2 aromatic rings. The Bertz CT molecular complexity index is 774. The summed E-state index contributed by atoms with van der Waals surface area (Å²) in [6.07, 6.45) is 0.407. The molecule has 1 saturated heterocycles. The number of carbonyl (C=O) groups excluding carboxylic acids is 2. The van der Waals surface area contributed by atoms with E-state index in [1.807, 2.05) is 66.4 Å². The summed E-state index contributed by atoms with van der Waals surface area (Å²) in [6.45, 7) is 4.18. The average Bonchev–Trinajstić information content (AvgIpc) is 2.69. The van der Waals surface area contributed by atoms with Gasteiger partial charge in [0.1, 0.15) is 6.04 Å². The maximum atomic E-state index is 12.6. The van der Waals surface area contributed by atoms with E-state index in [1.54, 1.807) is 4.90 Å². The van der Waals surface area contributed by atoms with Crippen molar-refractivity contribution in [3.05, 3.63) is 71.3 Å². The summed E-state index contributed by atoms with van der Waals surface area (Å²) in [5.74, 6) is 0.0287. The first kappa shape index (κ1) is 20.9. The van der Waals surface area contributed by atoms with E-state index in [0.29, 0.717) is 32.6 Å². The molecule has 1 aliphatic heterocycles. The van der Waals surface area contributed by atoms with E-state index in [0.717, 1.165) is 16.7 Å². The van der Waals surface area contributed by atoms with E-state index >= 15 is 0 Å². The van der Waals surface area contributed by atoms with Gasteiger partial charge in [-0.2, -0.15) is 0 Å². The molecule has 0 saturated carbocycles. The van der Waals surface area contributed by atoms with E-state index in [4.69, 9.17) is 5.73 Å². The minimum absolute atomic E-state index is 0. The number of halogens is 1. The summed E-state index contributed by atoms with van der Waals surface area (Å²) in [7, 11) is 0. The molecule has 1 atom stereocenters. The summed E-state index contributed by atoms with van der Waals surface area (Å²) in [4.78, 5) is 28.8. The van der Waals surface area contributed by atoms with Crippen LogP contribution in [0.1, 0.15) is 22.7 Å². The zero-order valence-corrected chi connectivity index (χ0v) is 16.3. The number of amides is 2. The van der Waals surface area contributed by atoms with Crippen LogP contribution in [0.3, 0.4) is 0 Å². The van der Waals surface area contributed by atoms with Crippen molar-refractivity contribution in [2.24, 2.45) is 5.73 Å². The first-order valence-corrected chi connectivity index (χ1v) is 8.98. The minimum atomic E-state index is -0.648. The predicted octanol–water partition coefficient (Wildman–Crippen LogP) is 2.33. The SMILES string of the molecule is Cc1ccccc1CC(=O)N1CCN(C(=O)C(N)c2ccccc2)CC1.Cl. The normalized spacial score (nSPS) is 15.0. The smallest absolute Gasteiger partial charge is 0.244 e. The fraction of sp³-hybridized carbons (Fsp3) is 0.333. The van der Waals surface area contributed by atoms with Crippen molar-refractivity contribution in [2.75, 3.05) is 26.2 Å². The van der Waals surface area contributed by atoms with Gasteiger partial charge in [-0.05, 0) is 23.6 Å². The lowest BCUT2D eigenvalue weighted by Gasteiger charge is -2.36. The highest BCUT2D eigenvalue weighted by atomic mass is 35.5. The van der Waals surface area contributed by atoms with Crippen molar-refractivity contribution < 1.29 is 9.59 Å². The van der Waals surface area contributed by atoms with E-state index in [-0.39, 0.29) is 24.2 Å². The molecule has 1 heterocycles. The summed E-state index contributed by atoms with van der Waals surface area (Å²) >= 11 is 0. The zero-order chi connectivity index (χ0) is 18.5. The first-order chi connectivity index (χ1) is 12.6. The van der Waals surface area contributed by atoms with E-state index in [1.165, 1.54) is 0 Å². The molecule has 144 valence electrons. The van der Waals surface area contributed by atoms with Gasteiger partial charge in [-0.3, -0.25) is 9.59 Å². The van der Waals surface area contributed by atoms with Crippen LogP contribution in [0.5, 0.6) is 0 Å². The van der Waals surface area contributed by atoms with Crippen LogP contribution in [-0.2, 0) is 16.0 Å². The number of hydrogen-bond acceptors (Lipinski definition) is 3. The molecule has 6 heteroatoms. The maximum Gasteiger partial charge on any atom is 0.244 e. The molecule has 0 radical (unpaired) electrons. The number of rotatable bonds is 4. The van der Waals surface area contributed by atoms with Gasteiger partial charge in [0.2, 0.25) is 11.8 Å². The highest BCUT2D eigenvalue weighted by molar-refractivity contribution is 5.85. The highest BCUT2D eigenvalue weighted by Crippen LogP contribution is 2.15. The highest BCUT2D eigenvalue weighted by Gasteiger charge is 2.27. The van der Waals surface area contributed by atoms with Gasteiger partial charge in [0.05, 0.1) is 6.42 Å². The number of nitrogens with zero attached hydrogens (tertiary/aromatic N) is 2. The zero-order valence-electron chi connectivity index (χ0n) is 15.5. The van der Waals surface area contributed by atoms with Crippen molar-refractivity contribution in [1.82, 2.24) is 9.80 Å². The van der Waals surface area contributed by atoms with Crippen LogP contribution in [0.15, 0.2) is 54.6 Å². The second-order valence-electron chi connectivity index (χ2n) is 6.70. The summed E-state index contributed by atoms with van der Waals surface area (Å²) in [5, 5.41) is 0. The largest absolute Gasteiger partial charge is 0.339 e. The molecule has 1 fully saturated rings. The fourth-order valence-corrected chi connectivity index (χ4v) is 3.26. The second-order valence-corrected chi connectivity index (χ2v) is 6.70. The number of piperazine rings is 1. The molecule has 0 spiro atoms. The van der Waals surface area contributed by atoms with Crippen LogP contribution in [0.2, 0.25) is 0 Å². The van der Waals surface area contributed by atoms with Crippen LogP contribution in [0.25, 0.3) is 0 Å². The molecule has 27 heavy (non-hydrogen) atoms. The number of benzene rings is 2. The third-order valence-corrected chi connectivity index (χ3v) is 4.97. The number of hydrogen-bond donors (Lipinski definition) is 1. The van der Waals surface area contributed by atoms with Gasteiger partial charge in [-0.15, -0.1) is 12.4 Å². The van der Waals surface area contributed by atoms with Gasteiger partial charge >= 0.3 is 0 Å². The van der Waals surface area contributed by atoms with Crippen LogP contribution in [-0.4, -0.2) is 47.8 Å². The van der Waals surface area contributed by atoms with Crippen LogP contribution in [0.4, 0.5) is 0 Å². The van der Waals surface area contributed by atoms with Crippen LogP contribution >= 0.6 is 12.4 Å². The molecule has 2 N–H and O–H groups in total. The van der Waals surface area contributed by atoms with Crippen molar-refractivity contribution in [3.8, 4) is 0 Å². The Labute approximate surface area is 166 Å². The Hall–Kier alpha value is -2.37. The quantitative estimate of drug-likeness (QED) is 0.875. The summed E-state index contributed by atoms with van der Waals surface area (Å²) in [5.41, 5.74) is 9.11. The lowest BCUT2D eigenvalue weighted by molar-refractivity contribution is -0.140. The van der Waals surface area contributed by atoms with Gasteiger partial charge < -0.3 is 15.5 Å². The molecule has 0 aliphatic carbocycles. The van der Waals surface area contributed by atoms with Gasteiger partial charge in [0, 0.05) is 26.2 Å². The molecule has 2 amide bonds. The summed E-state index contributed by atoms with van der Waals surface area (Å²) in [6, 6.07) is 16.7. The number of nitrogens with two attached hydrogens (primary N) is 1. The first-order valence-electron chi connectivity index (χ1n) is 8.98. The topological polar surface area (TPSA) is 66.6 Å².